The Labute approximate surface area is 75.7 Å². The molecular weight excluding hydrogens is 174 g/mol. The Hall–Kier alpha value is -1.10. The summed E-state index contributed by atoms with van der Waals surface area (Å²) in [5.74, 6) is -2.31. The largest absolute Gasteiger partial charge is 0.481 e. The Kier molecular flexibility index (Phi) is 2.87. The third-order valence-electron chi connectivity index (χ3n) is 2.47. The number of nitrogens with one attached hydrogen (secondary N) is 1. The number of aliphatic carboxylic acids is 2. The predicted octanol–water partition coefficient (Wildman–Crippen LogP) is -0.0877. The molecule has 3 N–H and O–H groups in total. The van der Waals surface area contributed by atoms with E-state index in [0.29, 0.717) is 12.8 Å². The molecule has 1 fully saturated rings. The Balaban J connectivity index is 2.49. The maximum Gasteiger partial charge on any atom is 0.320 e. The summed E-state index contributed by atoms with van der Waals surface area (Å²) in [6.45, 7) is 1.59. The van der Waals surface area contributed by atoms with Gasteiger partial charge in [-0.1, -0.05) is 6.92 Å². The molecule has 1 aliphatic heterocycles. The zero-order chi connectivity index (χ0) is 10.0. The van der Waals surface area contributed by atoms with Crippen LogP contribution in [0.2, 0.25) is 0 Å². The van der Waals surface area contributed by atoms with E-state index in [1.807, 2.05) is 0 Å². The van der Waals surface area contributed by atoms with Crippen molar-refractivity contribution in [2.24, 2.45) is 5.92 Å². The Morgan fingerprint density at radius 2 is 2.00 bits per heavy atom. The second-order valence-electron chi connectivity index (χ2n) is 3.37. The van der Waals surface area contributed by atoms with E-state index in [2.05, 4.69) is 5.32 Å². The van der Waals surface area contributed by atoms with E-state index in [1.165, 1.54) is 0 Å². The summed E-state index contributed by atoms with van der Waals surface area (Å²) in [5, 5.41) is 20.1. The van der Waals surface area contributed by atoms with Gasteiger partial charge in [0.15, 0.2) is 0 Å². The van der Waals surface area contributed by atoms with Crippen LogP contribution in [-0.4, -0.2) is 34.2 Å². The molecule has 1 rings (SSSR count). The van der Waals surface area contributed by atoms with Crippen molar-refractivity contribution in [1.29, 1.82) is 0 Å². The smallest absolute Gasteiger partial charge is 0.320 e. The summed E-state index contributed by atoms with van der Waals surface area (Å²) in [4.78, 5) is 21.1. The molecular formula is C8H13NO4. The molecule has 1 saturated heterocycles. The van der Waals surface area contributed by atoms with Crippen LogP contribution >= 0.6 is 0 Å². The quantitative estimate of drug-likeness (QED) is 0.575. The van der Waals surface area contributed by atoms with Crippen LogP contribution in [0.25, 0.3) is 0 Å². The molecule has 0 aromatic rings. The van der Waals surface area contributed by atoms with E-state index in [0.717, 1.165) is 0 Å². The van der Waals surface area contributed by atoms with Crippen LogP contribution in [0.4, 0.5) is 0 Å². The Morgan fingerprint density at radius 1 is 1.38 bits per heavy atom. The Bertz CT molecular complexity index is 228. The van der Waals surface area contributed by atoms with Gasteiger partial charge in [-0.05, 0) is 12.8 Å². The number of carbonyl (C=O) groups is 2. The minimum Gasteiger partial charge on any atom is -0.481 e. The summed E-state index contributed by atoms with van der Waals surface area (Å²) < 4.78 is 0. The average molecular weight is 187 g/mol. The summed E-state index contributed by atoms with van der Waals surface area (Å²) in [6, 6.07) is -0.787. The predicted molar refractivity (Wildman–Crippen MR) is 44.4 cm³/mol. The summed E-state index contributed by atoms with van der Waals surface area (Å²) in [7, 11) is 0. The van der Waals surface area contributed by atoms with Crippen molar-refractivity contribution < 1.29 is 19.8 Å². The highest BCUT2D eigenvalue weighted by atomic mass is 16.4. The third-order valence-corrected chi connectivity index (χ3v) is 2.47. The maximum absolute atomic E-state index is 10.6. The molecule has 3 atom stereocenters. The highest BCUT2D eigenvalue weighted by molar-refractivity contribution is 5.75. The van der Waals surface area contributed by atoms with Gasteiger partial charge in [0.25, 0.3) is 0 Å². The van der Waals surface area contributed by atoms with Crippen molar-refractivity contribution >= 4 is 11.9 Å². The number of carboxylic acids is 2. The molecule has 0 amide bonds. The van der Waals surface area contributed by atoms with Crippen LogP contribution in [0.3, 0.4) is 0 Å². The van der Waals surface area contributed by atoms with Gasteiger partial charge in [-0.3, -0.25) is 9.59 Å². The van der Waals surface area contributed by atoms with Gasteiger partial charge in [-0.25, -0.2) is 0 Å². The van der Waals surface area contributed by atoms with Crippen LogP contribution in [0.15, 0.2) is 0 Å². The summed E-state index contributed by atoms with van der Waals surface area (Å²) >= 11 is 0. The molecule has 0 aliphatic carbocycles. The number of hydrogen-bond donors (Lipinski definition) is 3. The first-order valence-corrected chi connectivity index (χ1v) is 4.24. The minimum atomic E-state index is -0.903. The van der Waals surface area contributed by atoms with Gasteiger partial charge >= 0.3 is 11.9 Å². The number of carboxylic acid groups (broad SMARTS) is 2. The molecule has 0 bridgehead atoms. The fraction of sp³-hybridized carbons (Fsp3) is 0.750. The van der Waals surface area contributed by atoms with Crippen molar-refractivity contribution in [3.63, 3.8) is 0 Å². The fourth-order valence-corrected chi connectivity index (χ4v) is 1.53. The highest BCUT2D eigenvalue weighted by Gasteiger charge is 2.34. The maximum atomic E-state index is 10.6. The lowest BCUT2D eigenvalue weighted by atomic mass is 10.0. The van der Waals surface area contributed by atoms with Crippen LogP contribution in [-0.2, 0) is 9.59 Å². The van der Waals surface area contributed by atoms with E-state index in [9.17, 15) is 9.59 Å². The molecule has 1 heterocycles. The zero-order valence-corrected chi connectivity index (χ0v) is 7.36. The molecule has 1 aliphatic rings. The van der Waals surface area contributed by atoms with E-state index in [-0.39, 0.29) is 6.04 Å². The lowest BCUT2D eigenvalue weighted by Gasteiger charge is -2.15. The minimum absolute atomic E-state index is 0.210. The normalized spacial score (nSPS) is 29.9. The van der Waals surface area contributed by atoms with Crippen LogP contribution < -0.4 is 5.32 Å². The molecule has 5 heteroatoms. The molecule has 0 aromatic heterocycles. The van der Waals surface area contributed by atoms with Gasteiger partial charge in [0.1, 0.15) is 6.04 Å². The van der Waals surface area contributed by atoms with Gasteiger partial charge in [0, 0.05) is 6.04 Å². The van der Waals surface area contributed by atoms with Crippen molar-refractivity contribution in [1.82, 2.24) is 5.32 Å². The molecule has 1 unspecified atom stereocenters. The lowest BCUT2D eigenvalue weighted by Crippen LogP contribution is -2.40. The van der Waals surface area contributed by atoms with Gasteiger partial charge < -0.3 is 15.5 Å². The van der Waals surface area contributed by atoms with Crippen LogP contribution in [0, 0.1) is 5.92 Å². The van der Waals surface area contributed by atoms with Gasteiger partial charge in [0.05, 0.1) is 5.92 Å². The van der Waals surface area contributed by atoms with Crippen LogP contribution in [0.5, 0.6) is 0 Å². The number of rotatable bonds is 3. The fourth-order valence-electron chi connectivity index (χ4n) is 1.53. The zero-order valence-electron chi connectivity index (χ0n) is 7.36. The number of hydrogen-bond acceptors (Lipinski definition) is 3. The average Bonchev–Trinajstić information content (AvgIpc) is 2.50. The SMILES string of the molecule is CC(C(=O)O)[C@@H]1CC[C@@H](C(=O)O)N1. The van der Waals surface area contributed by atoms with E-state index in [1.54, 1.807) is 6.92 Å². The topological polar surface area (TPSA) is 86.6 Å². The Morgan fingerprint density at radius 3 is 2.38 bits per heavy atom. The van der Waals surface area contributed by atoms with Gasteiger partial charge in [-0.2, -0.15) is 0 Å². The highest BCUT2D eigenvalue weighted by Crippen LogP contribution is 2.19. The van der Waals surface area contributed by atoms with E-state index in [4.69, 9.17) is 10.2 Å². The van der Waals surface area contributed by atoms with Gasteiger partial charge in [-0.15, -0.1) is 0 Å². The summed E-state index contributed by atoms with van der Waals surface area (Å²) in [6.07, 6.45) is 1.13. The second-order valence-corrected chi connectivity index (χ2v) is 3.37. The molecule has 13 heavy (non-hydrogen) atoms. The first-order valence-electron chi connectivity index (χ1n) is 4.24. The van der Waals surface area contributed by atoms with Crippen molar-refractivity contribution in [2.45, 2.75) is 31.8 Å². The van der Waals surface area contributed by atoms with Crippen molar-refractivity contribution in [3.05, 3.63) is 0 Å². The van der Waals surface area contributed by atoms with Crippen LogP contribution in [0.1, 0.15) is 19.8 Å². The molecule has 0 aromatic carbocycles. The standard InChI is InChI=1S/C8H13NO4/c1-4(7(10)11)5-2-3-6(9-5)8(12)13/h4-6,9H,2-3H2,1H3,(H,10,11)(H,12,13)/t4?,5-,6-/m0/s1. The van der Waals surface area contributed by atoms with E-state index >= 15 is 0 Å². The first-order chi connectivity index (χ1) is 6.02. The van der Waals surface area contributed by atoms with E-state index < -0.39 is 23.9 Å². The van der Waals surface area contributed by atoms with Crippen molar-refractivity contribution in [3.8, 4) is 0 Å². The molecule has 5 nitrogen and oxygen atoms in total. The molecule has 0 spiro atoms. The first kappa shape index (κ1) is 9.98. The van der Waals surface area contributed by atoms with Crippen molar-refractivity contribution in [2.75, 3.05) is 0 Å². The summed E-state index contributed by atoms with van der Waals surface area (Å²) in [5.41, 5.74) is 0. The molecule has 0 radical (unpaired) electrons. The third kappa shape index (κ3) is 2.18. The second kappa shape index (κ2) is 3.74. The lowest BCUT2D eigenvalue weighted by molar-refractivity contribution is -0.143. The molecule has 74 valence electrons. The molecule has 0 saturated carbocycles. The van der Waals surface area contributed by atoms with Gasteiger partial charge in [0.2, 0.25) is 0 Å². The monoisotopic (exact) mass is 187 g/mol.